The smallest absolute Gasteiger partial charge is 0.335 e. The molecule has 0 spiro atoms. The molecule has 0 radical (unpaired) electrons. The fourth-order valence-corrected chi connectivity index (χ4v) is 1.84. The van der Waals surface area contributed by atoms with E-state index in [1.54, 1.807) is 12.1 Å². The van der Waals surface area contributed by atoms with Crippen LogP contribution in [0.4, 0.5) is 5.82 Å². The fraction of sp³-hybridized carbons (Fsp3) is 0.200. The molecule has 98 valence electrons. The third kappa shape index (κ3) is 3.55. The summed E-state index contributed by atoms with van der Waals surface area (Å²) in [4.78, 5) is 15.2. The van der Waals surface area contributed by atoms with E-state index in [1.165, 1.54) is 0 Å². The monoisotopic (exact) mass is 256 g/mol. The lowest BCUT2D eigenvalue weighted by Gasteiger charge is -2.04. The van der Waals surface area contributed by atoms with Crippen molar-refractivity contribution in [1.29, 1.82) is 0 Å². The molecule has 0 saturated carbocycles. The third-order valence-corrected chi connectivity index (χ3v) is 2.93. The minimum absolute atomic E-state index is 0.319. The van der Waals surface area contributed by atoms with E-state index in [0.29, 0.717) is 5.56 Å². The van der Waals surface area contributed by atoms with Crippen molar-refractivity contribution in [2.45, 2.75) is 12.8 Å². The van der Waals surface area contributed by atoms with Crippen LogP contribution >= 0.6 is 0 Å². The molecule has 0 fully saturated rings. The van der Waals surface area contributed by atoms with Gasteiger partial charge in [0, 0.05) is 12.7 Å². The second-order valence-corrected chi connectivity index (χ2v) is 4.27. The molecule has 0 aliphatic heterocycles. The Balaban J connectivity index is 1.99. The lowest BCUT2D eigenvalue weighted by atomic mass is 10.1. The van der Waals surface area contributed by atoms with Crippen molar-refractivity contribution in [1.82, 2.24) is 4.98 Å². The molecule has 0 saturated heterocycles. The van der Waals surface area contributed by atoms with Crippen LogP contribution in [0.3, 0.4) is 0 Å². The van der Waals surface area contributed by atoms with Gasteiger partial charge in [0.15, 0.2) is 0 Å². The summed E-state index contributed by atoms with van der Waals surface area (Å²) in [5.41, 5.74) is 2.45. The average Bonchev–Trinajstić information content (AvgIpc) is 2.46. The Morgan fingerprint density at radius 3 is 2.53 bits per heavy atom. The molecule has 1 aromatic carbocycles. The fourth-order valence-electron chi connectivity index (χ4n) is 1.84. The number of nitrogens with zero attached hydrogens (tertiary/aromatic N) is 1. The van der Waals surface area contributed by atoms with E-state index in [1.807, 2.05) is 37.4 Å². The van der Waals surface area contributed by atoms with E-state index in [4.69, 9.17) is 5.11 Å². The van der Waals surface area contributed by atoms with Gasteiger partial charge in [-0.05, 0) is 42.7 Å². The second kappa shape index (κ2) is 6.00. The molecule has 0 amide bonds. The van der Waals surface area contributed by atoms with Gasteiger partial charge in [-0.1, -0.05) is 18.2 Å². The summed E-state index contributed by atoms with van der Waals surface area (Å²) in [5, 5.41) is 11.8. The van der Waals surface area contributed by atoms with Gasteiger partial charge in [0.2, 0.25) is 0 Å². The number of aromatic carboxylic acids is 1. The van der Waals surface area contributed by atoms with Gasteiger partial charge < -0.3 is 10.4 Å². The van der Waals surface area contributed by atoms with Gasteiger partial charge in [0.1, 0.15) is 5.82 Å². The van der Waals surface area contributed by atoms with Gasteiger partial charge in [-0.15, -0.1) is 0 Å². The lowest BCUT2D eigenvalue weighted by molar-refractivity contribution is 0.0697. The SMILES string of the molecule is CNc1cccc(CCc2ccc(C(=O)O)cc2)n1. The zero-order valence-corrected chi connectivity index (χ0v) is 10.8. The van der Waals surface area contributed by atoms with E-state index in [-0.39, 0.29) is 0 Å². The first-order chi connectivity index (χ1) is 9.19. The van der Waals surface area contributed by atoms with Crippen LogP contribution < -0.4 is 5.32 Å². The molecule has 1 aromatic heterocycles. The predicted octanol–water partition coefficient (Wildman–Crippen LogP) is 2.61. The molecule has 0 atom stereocenters. The number of carboxylic acids is 1. The summed E-state index contributed by atoms with van der Waals surface area (Å²) in [6, 6.07) is 12.9. The van der Waals surface area contributed by atoms with Gasteiger partial charge in [0.25, 0.3) is 0 Å². The Morgan fingerprint density at radius 1 is 1.16 bits per heavy atom. The second-order valence-electron chi connectivity index (χ2n) is 4.27. The van der Waals surface area contributed by atoms with Crippen molar-refractivity contribution < 1.29 is 9.90 Å². The van der Waals surface area contributed by atoms with E-state index in [9.17, 15) is 4.79 Å². The van der Waals surface area contributed by atoms with Crippen molar-refractivity contribution in [3.05, 3.63) is 59.3 Å². The molecular weight excluding hydrogens is 240 g/mol. The van der Waals surface area contributed by atoms with Crippen LogP contribution in [-0.4, -0.2) is 23.1 Å². The van der Waals surface area contributed by atoms with Crippen LogP contribution in [0.1, 0.15) is 21.6 Å². The highest BCUT2D eigenvalue weighted by molar-refractivity contribution is 5.87. The van der Waals surface area contributed by atoms with Crippen molar-refractivity contribution in [2.75, 3.05) is 12.4 Å². The van der Waals surface area contributed by atoms with E-state index < -0.39 is 5.97 Å². The summed E-state index contributed by atoms with van der Waals surface area (Å²) in [5.74, 6) is -0.0336. The van der Waals surface area contributed by atoms with E-state index in [0.717, 1.165) is 29.9 Å². The van der Waals surface area contributed by atoms with Crippen molar-refractivity contribution in [3.8, 4) is 0 Å². The Bertz CT molecular complexity index is 565. The molecule has 4 heteroatoms. The molecule has 0 aliphatic rings. The summed E-state index contributed by atoms with van der Waals surface area (Å²) >= 11 is 0. The number of nitrogens with one attached hydrogen (secondary N) is 1. The lowest BCUT2D eigenvalue weighted by Crippen LogP contribution is -1.99. The first-order valence-corrected chi connectivity index (χ1v) is 6.15. The number of aryl methyl sites for hydroxylation is 2. The van der Waals surface area contributed by atoms with Crippen LogP contribution in [0.5, 0.6) is 0 Å². The molecule has 19 heavy (non-hydrogen) atoms. The van der Waals surface area contributed by atoms with Crippen LogP contribution in [0, 0.1) is 0 Å². The largest absolute Gasteiger partial charge is 0.478 e. The maximum absolute atomic E-state index is 10.7. The molecule has 2 N–H and O–H groups in total. The van der Waals surface area contributed by atoms with Crippen molar-refractivity contribution in [2.24, 2.45) is 0 Å². The normalized spacial score (nSPS) is 10.2. The molecule has 0 unspecified atom stereocenters. The number of anilines is 1. The highest BCUT2D eigenvalue weighted by atomic mass is 16.4. The number of hydrogen-bond donors (Lipinski definition) is 2. The predicted molar refractivity (Wildman–Crippen MR) is 74.6 cm³/mol. The number of aromatic nitrogens is 1. The van der Waals surface area contributed by atoms with Crippen molar-refractivity contribution in [3.63, 3.8) is 0 Å². The van der Waals surface area contributed by atoms with Gasteiger partial charge in [-0.25, -0.2) is 9.78 Å². The maximum Gasteiger partial charge on any atom is 0.335 e. The van der Waals surface area contributed by atoms with Crippen LogP contribution in [0.15, 0.2) is 42.5 Å². The molecular formula is C15H16N2O2. The summed E-state index contributed by atoms with van der Waals surface area (Å²) in [7, 11) is 1.84. The number of benzene rings is 1. The number of carbonyl (C=O) groups is 1. The number of carboxylic acid groups (broad SMARTS) is 1. The Labute approximate surface area is 112 Å². The van der Waals surface area contributed by atoms with Gasteiger partial charge in [-0.2, -0.15) is 0 Å². The standard InChI is InChI=1S/C15H16N2O2/c1-16-14-4-2-3-13(17-14)10-7-11-5-8-12(9-6-11)15(18)19/h2-6,8-9H,7,10H2,1H3,(H,16,17)(H,18,19). The van der Waals surface area contributed by atoms with Crippen LogP contribution in [0.25, 0.3) is 0 Å². The molecule has 2 rings (SSSR count). The first-order valence-electron chi connectivity index (χ1n) is 6.15. The van der Waals surface area contributed by atoms with Gasteiger partial charge in [0.05, 0.1) is 5.56 Å². The summed E-state index contributed by atoms with van der Waals surface area (Å²) in [6.45, 7) is 0. The highest BCUT2D eigenvalue weighted by Crippen LogP contribution is 2.10. The van der Waals surface area contributed by atoms with E-state index in [2.05, 4.69) is 10.3 Å². The minimum atomic E-state index is -0.894. The Hall–Kier alpha value is -2.36. The zero-order chi connectivity index (χ0) is 13.7. The summed E-state index contributed by atoms with van der Waals surface area (Å²) in [6.07, 6.45) is 1.68. The molecule has 0 aliphatic carbocycles. The third-order valence-electron chi connectivity index (χ3n) is 2.93. The molecule has 4 nitrogen and oxygen atoms in total. The molecule has 1 heterocycles. The quantitative estimate of drug-likeness (QED) is 0.863. The molecule has 2 aromatic rings. The molecule has 0 bridgehead atoms. The van der Waals surface area contributed by atoms with Crippen LogP contribution in [0.2, 0.25) is 0 Å². The minimum Gasteiger partial charge on any atom is -0.478 e. The maximum atomic E-state index is 10.7. The summed E-state index contributed by atoms with van der Waals surface area (Å²) < 4.78 is 0. The Morgan fingerprint density at radius 2 is 1.89 bits per heavy atom. The first kappa shape index (κ1) is 13.1. The van der Waals surface area contributed by atoms with Crippen molar-refractivity contribution >= 4 is 11.8 Å². The van der Waals surface area contributed by atoms with Crippen LogP contribution in [-0.2, 0) is 12.8 Å². The Kier molecular flexibility index (Phi) is 4.13. The zero-order valence-electron chi connectivity index (χ0n) is 10.8. The highest BCUT2D eigenvalue weighted by Gasteiger charge is 2.02. The topological polar surface area (TPSA) is 62.2 Å². The van der Waals surface area contributed by atoms with E-state index >= 15 is 0 Å². The number of pyridine rings is 1. The average molecular weight is 256 g/mol. The number of hydrogen-bond acceptors (Lipinski definition) is 3. The van der Waals surface area contributed by atoms with Gasteiger partial charge in [-0.3, -0.25) is 0 Å². The van der Waals surface area contributed by atoms with Gasteiger partial charge >= 0.3 is 5.97 Å². The number of rotatable bonds is 5.